The number of halogens is 3. The van der Waals surface area contributed by atoms with E-state index in [1.54, 1.807) is 19.2 Å². The Morgan fingerprint density at radius 3 is 2.17 bits per heavy atom. The Kier molecular flexibility index (Phi) is 7.25. The van der Waals surface area contributed by atoms with Crippen LogP contribution in [0.25, 0.3) is 0 Å². The average Bonchev–Trinajstić information content (AvgIpc) is 2.63. The van der Waals surface area contributed by atoms with Crippen molar-refractivity contribution in [1.29, 1.82) is 0 Å². The summed E-state index contributed by atoms with van der Waals surface area (Å²) in [5.41, 5.74) is 0.0660. The molecule has 0 bridgehead atoms. The van der Waals surface area contributed by atoms with Crippen LogP contribution in [0.3, 0.4) is 0 Å². The zero-order chi connectivity index (χ0) is 21.8. The summed E-state index contributed by atoms with van der Waals surface area (Å²) in [7, 11) is -3.77. The van der Waals surface area contributed by atoms with Crippen molar-refractivity contribution in [2.45, 2.75) is 37.1 Å². The summed E-state index contributed by atoms with van der Waals surface area (Å²) in [5, 5.41) is 3.80. The van der Waals surface area contributed by atoms with Crippen molar-refractivity contribution in [3.05, 3.63) is 29.8 Å². The second-order valence-corrected chi connectivity index (χ2v) is 8.62. The maximum atomic E-state index is 12.8. The van der Waals surface area contributed by atoms with E-state index < -0.39 is 41.1 Å². The van der Waals surface area contributed by atoms with Crippen LogP contribution in [0.2, 0.25) is 0 Å². The zero-order valence-corrected chi connectivity index (χ0v) is 16.6. The summed E-state index contributed by atoms with van der Waals surface area (Å²) >= 11 is 0. The minimum absolute atomic E-state index is 0.00160. The molecule has 0 spiro atoms. The molecule has 0 aromatic heterocycles. The number of nitrogens with zero attached hydrogens (tertiary/aromatic N) is 1. The Labute approximate surface area is 166 Å². The first-order chi connectivity index (χ1) is 13.4. The van der Waals surface area contributed by atoms with Crippen LogP contribution >= 0.6 is 0 Å². The number of nitrogens with one attached hydrogen (secondary N) is 2. The SMILES string of the molecule is C[C@H]1CN(S(=O)(=O)c2ccc(C(=O)NCC(=O)NCC(F)(F)F)cc2)C[C@H](C)O1. The number of amides is 2. The highest BCUT2D eigenvalue weighted by atomic mass is 32.2. The molecule has 8 nitrogen and oxygen atoms in total. The lowest BCUT2D eigenvalue weighted by atomic mass is 10.2. The van der Waals surface area contributed by atoms with Crippen LogP contribution < -0.4 is 10.6 Å². The van der Waals surface area contributed by atoms with E-state index in [-0.39, 0.29) is 35.8 Å². The Hall–Kier alpha value is -2.18. The molecular formula is C17H22F3N3O5S. The predicted molar refractivity (Wildman–Crippen MR) is 96.6 cm³/mol. The van der Waals surface area contributed by atoms with E-state index >= 15 is 0 Å². The van der Waals surface area contributed by atoms with Gasteiger partial charge in [-0.3, -0.25) is 9.59 Å². The van der Waals surface area contributed by atoms with Crippen LogP contribution in [0.1, 0.15) is 24.2 Å². The van der Waals surface area contributed by atoms with E-state index in [0.717, 1.165) is 0 Å². The van der Waals surface area contributed by atoms with Crippen molar-refractivity contribution in [3.8, 4) is 0 Å². The van der Waals surface area contributed by atoms with Crippen LogP contribution in [0, 0.1) is 0 Å². The third-order valence-electron chi connectivity index (χ3n) is 4.04. The maximum Gasteiger partial charge on any atom is 0.405 e. The van der Waals surface area contributed by atoms with E-state index in [9.17, 15) is 31.2 Å². The molecule has 1 aromatic carbocycles. The Balaban J connectivity index is 1.97. The Morgan fingerprint density at radius 2 is 1.66 bits per heavy atom. The molecule has 2 rings (SSSR count). The number of carbonyl (C=O) groups excluding carboxylic acids is 2. The van der Waals surface area contributed by atoms with Crippen LogP contribution in [-0.2, 0) is 19.6 Å². The van der Waals surface area contributed by atoms with Gasteiger partial charge < -0.3 is 15.4 Å². The molecule has 2 atom stereocenters. The van der Waals surface area contributed by atoms with Crippen molar-refractivity contribution in [3.63, 3.8) is 0 Å². The fourth-order valence-corrected chi connectivity index (χ4v) is 4.37. The zero-order valence-electron chi connectivity index (χ0n) is 15.8. The highest BCUT2D eigenvalue weighted by Crippen LogP contribution is 2.21. The Bertz CT molecular complexity index is 833. The van der Waals surface area contributed by atoms with E-state index in [2.05, 4.69) is 5.32 Å². The van der Waals surface area contributed by atoms with Gasteiger partial charge in [-0.1, -0.05) is 0 Å². The van der Waals surface area contributed by atoms with E-state index in [1.165, 1.54) is 28.6 Å². The van der Waals surface area contributed by atoms with Gasteiger partial charge in [0.15, 0.2) is 0 Å². The molecule has 2 amide bonds. The molecule has 0 unspecified atom stereocenters. The fraction of sp³-hybridized carbons (Fsp3) is 0.529. The number of hydrogen-bond acceptors (Lipinski definition) is 5. The normalized spacial score (nSPS) is 20.9. The topological polar surface area (TPSA) is 105 Å². The molecular weight excluding hydrogens is 415 g/mol. The van der Waals surface area contributed by atoms with Crippen molar-refractivity contribution in [1.82, 2.24) is 14.9 Å². The van der Waals surface area contributed by atoms with E-state index in [1.807, 2.05) is 0 Å². The minimum Gasteiger partial charge on any atom is -0.373 e. The predicted octanol–water partition coefficient (Wildman–Crippen LogP) is 0.893. The standard InChI is InChI=1S/C17H22F3N3O5S/c1-11-8-23(9-12(2)28-11)29(26,27)14-5-3-13(4-6-14)16(25)21-7-15(24)22-10-17(18,19)20/h3-6,11-12H,7-10H2,1-2H3,(H,21,25)(H,22,24)/t11-,12-/m0/s1. The number of rotatable bonds is 6. The number of hydrogen-bond donors (Lipinski definition) is 2. The summed E-state index contributed by atoms with van der Waals surface area (Å²) < 4.78 is 68.4. The highest BCUT2D eigenvalue weighted by Gasteiger charge is 2.32. The number of carbonyl (C=O) groups is 2. The van der Waals surface area contributed by atoms with Gasteiger partial charge in [0.1, 0.15) is 6.54 Å². The first-order valence-electron chi connectivity index (χ1n) is 8.76. The van der Waals surface area contributed by atoms with E-state index in [0.29, 0.717) is 0 Å². The van der Waals surface area contributed by atoms with Gasteiger partial charge in [0.05, 0.1) is 23.6 Å². The summed E-state index contributed by atoms with van der Waals surface area (Å²) in [6, 6.07) is 5.06. The van der Waals surface area contributed by atoms with Gasteiger partial charge in [0, 0.05) is 18.7 Å². The number of morpholine rings is 1. The quantitative estimate of drug-likeness (QED) is 0.688. The smallest absolute Gasteiger partial charge is 0.373 e. The number of ether oxygens (including phenoxy) is 1. The second kappa shape index (κ2) is 9.09. The van der Waals surface area contributed by atoms with Crippen LogP contribution in [0.5, 0.6) is 0 Å². The van der Waals surface area contributed by atoms with Gasteiger partial charge in [-0.15, -0.1) is 0 Å². The van der Waals surface area contributed by atoms with Crippen molar-refractivity contribution in [2.75, 3.05) is 26.2 Å². The number of alkyl halides is 3. The molecule has 29 heavy (non-hydrogen) atoms. The summed E-state index contributed by atoms with van der Waals surface area (Å²) in [6.45, 7) is 1.84. The fourth-order valence-electron chi connectivity index (χ4n) is 2.78. The summed E-state index contributed by atoms with van der Waals surface area (Å²) in [6.07, 6.45) is -5.04. The second-order valence-electron chi connectivity index (χ2n) is 6.68. The largest absolute Gasteiger partial charge is 0.405 e. The van der Waals surface area contributed by atoms with Gasteiger partial charge >= 0.3 is 6.18 Å². The van der Waals surface area contributed by atoms with Gasteiger partial charge in [0.25, 0.3) is 5.91 Å². The van der Waals surface area contributed by atoms with Gasteiger partial charge in [0.2, 0.25) is 15.9 Å². The van der Waals surface area contributed by atoms with Crippen molar-refractivity contribution >= 4 is 21.8 Å². The van der Waals surface area contributed by atoms with Gasteiger partial charge in [-0.05, 0) is 38.1 Å². The van der Waals surface area contributed by atoms with Crippen LogP contribution in [0.4, 0.5) is 13.2 Å². The average molecular weight is 437 g/mol. The van der Waals surface area contributed by atoms with Crippen molar-refractivity contribution < 1.29 is 35.9 Å². The van der Waals surface area contributed by atoms with Gasteiger partial charge in [-0.2, -0.15) is 17.5 Å². The molecule has 0 aliphatic carbocycles. The molecule has 12 heteroatoms. The first-order valence-corrected chi connectivity index (χ1v) is 10.2. The number of benzene rings is 1. The molecule has 1 heterocycles. The third-order valence-corrected chi connectivity index (χ3v) is 5.88. The monoisotopic (exact) mass is 437 g/mol. The minimum atomic E-state index is -4.54. The molecule has 0 radical (unpaired) electrons. The van der Waals surface area contributed by atoms with Gasteiger partial charge in [-0.25, -0.2) is 8.42 Å². The lowest BCUT2D eigenvalue weighted by molar-refractivity contribution is -0.137. The highest BCUT2D eigenvalue weighted by molar-refractivity contribution is 7.89. The van der Waals surface area contributed by atoms with Crippen LogP contribution in [0.15, 0.2) is 29.2 Å². The molecule has 2 N–H and O–H groups in total. The molecule has 162 valence electrons. The lowest BCUT2D eigenvalue weighted by Gasteiger charge is -2.34. The lowest BCUT2D eigenvalue weighted by Crippen LogP contribution is -2.48. The summed E-state index contributed by atoms with van der Waals surface area (Å²) in [4.78, 5) is 23.3. The Morgan fingerprint density at radius 1 is 1.10 bits per heavy atom. The molecule has 1 aliphatic rings. The van der Waals surface area contributed by atoms with E-state index in [4.69, 9.17) is 4.74 Å². The first kappa shape index (κ1) is 23.1. The maximum absolute atomic E-state index is 12.8. The molecule has 1 saturated heterocycles. The third kappa shape index (κ3) is 6.68. The summed E-state index contributed by atoms with van der Waals surface area (Å²) in [5.74, 6) is -1.71. The molecule has 0 saturated carbocycles. The molecule has 1 aromatic rings. The van der Waals surface area contributed by atoms with Crippen LogP contribution in [-0.4, -0.2) is 69.1 Å². The van der Waals surface area contributed by atoms with Crippen molar-refractivity contribution in [2.24, 2.45) is 0 Å². The molecule has 1 aliphatic heterocycles. The number of sulfonamides is 1. The molecule has 1 fully saturated rings.